The molecule has 4 rings (SSSR count). The highest BCUT2D eigenvalue weighted by atomic mass is 19.1. The minimum atomic E-state index is -0.464. The molecule has 1 atom stereocenters. The third kappa shape index (κ3) is 4.91. The molecule has 2 N–H and O–H groups in total. The van der Waals surface area contributed by atoms with Gasteiger partial charge < -0.3 is 10.2 Å². The van der Waals surface area contributed by atoms with Crippen LogP contribution < -0.4 is 15.8 Å². The molecular formula is C21H23FN6O2. The molecule has 3 heterocycles. The third-order valence-corrected chi connectivity index (χ3v) is 5.07. The monoisotopic (exact) mass is 410 g/mol. The second kappa shape index (κ2) is 8.89. The fourth-order valence-corrected chi connectivity index (χ4v) is 3.61. The first-order valence-electron chi connectivity index (χ1n) is 9.94. The molecule has 0 unspecified atom stereocenters. The predicted molar refractivity (Wildman–Crippen MR) is 110 cm³/mol. The van der Waals surface area contributed by atoms with Gasteiger partial charge in [-0.1, -0.05) is 12.1 Å². The van der Waals surface area contributed by atoms with Gasteiger partial charge in [-0.3, -0.25) is 19.3 Å². The highest BCUT2D eigenvalue weighted by Crippen LogP contribution is 2.20. The van der Waals surface area contributed by atoms with Crippen LogP contribution >= 0.6 is 0 Å². The van der Waals surface area contributed by atoms with E-state index in [2.05, 4.69) is 20.4 Å². The van der Waals surface area contributed by atoms with Crippen molar-refractivity contribution in [1.29, 1.82) is 0 Å². The van der Waals surface area contributed by atoms with Gasteiger partial charge in [0.2, 0.25) is 11.9 Å². The van der Waals surface area contributed by atoms with E-state index in [9.17, 15) is 14.0 Å². The van der Waals surface area contributed by atoms with Crippen LogP contribution in [0.2, 0.25) is 0 Å². The number of anilines is 1. The molecule has 156 valence electrons. The molecular weight excluding hydrogens is 387 g/mol. The predicted octanol–water partition coefficient (Wildman–Crippen LogP) is 1.81. The molecule has 1 fully saturated rings. The zero-order valence-electron chi connectivity index (χ0n) is 16.4. The van der Waals surface area contributed by atoms with Crippen molar-refractivity contribution >= 4 is 11.9 Å². The smallest absolute Gasteiger partial charge is 0.252 e. The Labute approximate surface area is 172 Å². The lowest BCUT2D eigenvalue weighted by Gasteiger charge is -2.21. The van der Waals surface area contributed by atoms with E-state index >= 15 is 0 Å². The second-order valence-corrected chi connectivity index (χ2v) is 7.33. The Bertz CT molecular complexity index is 1040. The number of halogens is 1. The largest absolute Gasteiger partial charge is 0.347 e. The number of aromatic nitrogens is 4. The van der Waals surface area contributed by atoms with Gasteiger partial charge in [0.05, 0.1) is 11.7 Å². The van der Waals surface area contributed by atoms with Crippen LogP contribution in [-0.2, 0) is 17.8 Å². The molecule has 0 bridgehead atoms. The van der Waals surface area contributed by atoms with E-state index in [4.69, 9.17) is 0 Å². The number of benzene rings is 1. The molecule has 0 radical (unpaired) electrons. The number of hydrogen-bond donors (Lipinski definition) is 2. The van der Waals surface area contributed by atoms with Crippen LogP contribution in [-0.4, -0.2) is 38.7 Å². The lowest BCUT2D eigenvalue weighted by atomic mass is 10.0. The maximum atomic E-state index is 13.4. The SMILES string of the molecule is O=C(Cn1cccn1)N[C@H](Cc1cc(=O)[nH]c(N2CCCC2)n1)c1ccc(F)cc1. The zero-order chi connectivity index (χ0) is 20.9. The van der Waals surface area contributed by atoms with Crippen LogP contribution in [0, 0.1) is 5.82 Å². The number of amides is 1. The molecule has 1 amide bonds. The first-order valence-corrected chi connectivity index (χ1v) is 9.94. The van der Waals surface area contributed by atoms with E-state index < -0.39 is 6.04 Å². The second-order valence-electron chi connectivity index (χ2n) is 7.33. The quantitative estimate of drug-likeness (QED) is 0.619. The maximum absolute atomic E-state index is 13.4. The molecule has 9 heteroatoms. The Kier molecular flexibility index (Phi) is 5.87. The van der Waals surface area contributed by atoms with Gasteiger partial charge in [-0.05, 0) is 36.6 Å². The minimum Gasteiger partial charge on any atom is -0.347 e. The number of hydrogen-bond acceptors (Lipinski definition) is 5. The highest BCUT2D eigenvalue weighted by molar-refractivity contribution is 5.76. The fourth-order valence-electron chi connectivity index (χ4n) is 3.61. The number of nitrogens with zero attached hydrogens (tertiary/aromatic N) is 4. The van der Waals surface area contributed by atoms with E-state index in [-0.39, 0.29) is 23.8 Å². The average Bonchev–Trinajstić information content (AvgIpc) is 3.42. The van der Waals surface area contributed by atoms with E-state index in [1.165, 1.54) is 22.9 Å². The topological polar surface area (TPSA) is 95.9 Å². The molecule has 1 aliphatic rings. The maximum Gasteiger partial charge on any atom is 0.252 e. The van der Waals surface area contributed by atoms with Crippen molar-refractivity contribution in [2.24, 2.45) is 0 Å². The molecule has 3 aromatic rings. The number of carbonyl (C=O) groups excluding carboxylic acids is 1. The van der Waals surface area contributed by atoms with Gasteiger partial charge in [-0.25, -0.2) is 9.37 Å². The van der Waals surface area contributed by atoms with Crippen LogP contribution in [0.3, 0.4) is 0 Å². The van der Waals surface area contributed by atoms with Crippen molar-refractivity contribution in [3.05, 3.63) is 76.2 Å². The Morgan fingerprint density at radius 1 is 1.23 bits per heavy atom. The Hall–Kier alpha value is -3.49. The molecule has 1 aliphatic heterocycles. The van der Waals surface area contributed by atoms with Gasteiger partial charge >= 0.3 is 0 Å². The van der Waals surface area contributed by atoms with Crippen LogP contribution in [0.1, 0.15) is 30.1 Å². The van der Waals surface area contributed by atoms with Gasteiger partial charge in [-0.2, -0.15) is 5.10 Å². The molecule has 2 aromatic heterocycles. The van der Waals surface area contributed by atoms with Gasteiger partial charge in [0.25, 0.3) is 5.56 Å². The van der Waals surface area contributed by atoms with Crippen molar-refractivity contribution in [3.63, 3.8) is 0 Å². The van der Waals surface area contributed by atoms with Crippen LogP contribution in [0.25, 0.3) is 0 Å². The number of rotatable bonds is 7. The summed E-state index contributed by atoms with van der Waals surface area (Å²) >= 11 is 0. The van der Waals surface area contributed by atoms with Crippen molar-refractivity contribution in [2.75, 3.05) is 18.0 Å². The summed E-state index contributed by atoms with van der Waals surface area (Å²) in [5.41, 5.74) is 1.06. The summed E-state index contributed by atoms with van der Waals surface area (Å²) in [7, 11) is 0. The molecule has 1 saturated heterocycles. The lowest BCUT2D eigenvalue weighted by molar-refractivity contribution is -0.122. The average molecular weight is 410 g/mol. The summed E-state index contributed by atoms with van der Waals surface area (Å²) in [6.45, 7) is 1.77. The van der Waals surface area contributed by atoms with Crippen molar-refractivity contribution in [2.45, 2.75) is 31.8 Å². The number of carbonyl (C=O) groups is 1. The standard InChI is InChI=1S/C21H23FN6O2/c22-16-6-4-15(5-7-16)18(25-20(30)14-28-11-3-8-23-28)12-17-13-19(29)26-21(24-17)27-9-1-2-10-27/h3-8,11,13,18H,1-2,9-10,12,14H2,(H,25,30)(H,24,26,29)/t18-/m1/s1. The van der Waals surface area contributed by atoms with E-state index in [0.717, 1.165) is 31.5 Å². The van der Waals surface area contributed by atoms with E-state index in [1.54, 1.807) is 30.6 Å². The van der Waals surface area contributed by atoms with Crippen molar-refractivity contribution in [3.8, 4) is 0 Å². The van der Waals surface area contributed by atoms with Crippen LogP contribution in [0.5, 0.6) is 0 Å². The van der Waals surface area contributed by atoms with Gasteiger partial charge in [0.15, 0.2) is 0 Å². The summed E-state index contributed by atoms with van der Waals surface area (Å²) in [5.74, 6) is -0.0423. The Balaban J connectivity index is 1.57. The van der Waals surface area contributed by atoms with E-state index in [1.807, 2.05) is 4.90 Å². The Morgan fingerprint density at radius 3 is 2.70 bits per heavy atom. The van der Waals surface area contributed by atoms with Crippen molar-refractivity contribution < 1.29 is 9.18 Å². The first kappa shape index (κ1) is 19.8. The van der Waals surface area contributed by atoms with Crippen molar-refractivity contribution in [1.82, 2.24) is 25.1 Å². The summed E-state index contributed by atoms with van der Waals surface area (Å²) in [4.78, 5) is 34.2. The molecule has 8 nitrogen and oxygen atoms in total. The molecule has 0 aliphatic carbocycles. The van der Waals surface area contributed by atoms with E-state index in [0.29, 0.717) is 18.1 Å². The van der Waals surface area contributed by atoms with Crippen LogP contribution in [0.4, 0.5) is 10.3 Å². The van der Waals surface area contributed by atoms with Gasteiger partial charge in [0, 0.05) is 38.0 Å². The van der Waals surface area contributed by atoms with Crippen LogP contribution in [0.15, 0.2) is 53.6 Å². The Morgan fingerprint density at radius 2 is 2.00 bits per heavy atom. The van der Waals surface area contributed by atoms with Gasteiger partial charge in [-0.15, -0.1) is 0 Å². The highest BCUT2D eigenvalue weighted by Gasteiger charge is 2.20. The molecule has 0 saturated carbocycles. The molecule has 0 spiro atoms. The number of aromatic amines is 1. The lowest BCUT2D eigenvalue weighted by Crippen LogP contribution is -2.33. The zero-order valence-corrected chi connectivity index (χ0v) is 16.4. The first-order chi connectivity index (χ1) is 14.6. The molecule has 30 heavy (non-hydrogen) atoms. The fraction of sp³-hybridized carbons (Fsp3) is 0.333. The van der Waals surface area contributed by atoms with Gasteiger partial charge in [0.1, 0.15) is 12.4 Å². The molecule has 1 aromatic carbocycles. The number of nitrogens with one attached hydrogen (secondary N) is 2. The minimum absolute atomic E-state index is 0.0620. The summed E-state index contributed by atoms with van der Waals surface area (Å²) in [6, 6.07) is 8.67. The number of H-pyrrole nitrogens is 1. The summed E-state index contributed by atoms with van der Waals surface area (Å²) in [6.07, 6.45) is 5.74. The normalized spacial score (nSPS) is 14.6. The summed E-state index contributed by atoms with van der Waals surface area (Å²) in [5, 5.41) is 7.00. The summed E-state index contributed by atoms with van der Waals surface area (Å²) < 4.78 is 14.9. The third-order valence-electron chi connectivity index (χ3n) is 5.07.